The number of phenols is 6. The third-order valence-corrected chi connectivity index (χ3v) is 12.7. The minimum Gasteiger partial charge on any atom is -0.508 e. The molecule has 0 bridgehead atoms. The molecule has 0 aliphatic rings. The normalized spacial score (nSPS) is 14.2. The molecule has 60 heavy (non-hydrogen) atoms. The summed E-state index contributed by atoms with van der Waals surface area (Å²) in [7, 11) is 0. The van der Waals surface area contributed by atoms with Crippen LogP contribution in [-0.2, 0) is 21.7 Å². The molecule has 0 radical (unpaired) electrons. The number of phenolic OH excluding ortho intramolecular Hbond substituents is 6. The van der Waals surface area contributed by atoms with Gasteiger partial charge >= 0.3 is 0 Å². The molecule has 0 amide bonds. The van der Waals surface area contributed by atoms with E-state index in [-0.39, 0.29) is 51.2 Å². The van der Waals surface area contributed by atoms with Crippen LogP contribution in [-0.4, -0.2) is 30.6 Å². The fraction of sp³-hybridized carbons (Fsp3) is 0.296. The molecular formula is C54H60O6. The summed E-state index contributed by atoms with van der Waals surface area (Å²) >= 11 is 0. The minimum atomic E-state index is -0.568. The zero-order valence-corrected chi connectivity index (χ0v) is 35.9. The first-order valence-corrected chi connectivity index (χ1v) is 20.7. The SMILES string of the molecule is CC(C)(CC(=C(CC(CC(C)(CC(C)(C)c1ccc(O)cc1)c1ccc(O)cc1)c1ccc(O)cc1)C(C)(C)c1ccc(O)cc1)c1ccc(O)cc1)c1ccc(O)cc1. The van der Waals surface area contributed by atoms with Crippen molar-refractivity contribution in [1.82, 2.24) is 0 Å². The Balaban J connectivity index is 1.60. The molecule has 6 heteroatoms. The molecule has 6 N–H and O–H groups in total. The van der Waals surface area contributed by atoms with Crippen molar-refractivity contribution in [2.24, 2.45) is 0 Å². The Morgan fingerprint density at radius 2 is 0.767 bits per heavy atom. The fourth-order valence-corrected chi connectivity index (χ4v) is 9.30. The van der Waals surface area contributed by atoms with Gasteiger partial charge in [0.2, 0.25) is 0 Å². The number of aromatic hydroxyl groups is 6. The molecule has 0 fully saturated rings. The Morgan fingerprint density at radius 3 is 1.20 bits per heavy atom. The fourth-order valence-electron chi connectivity index (χ4n) is 9.30. The highest BCUT2D eigenvalue weighted by molar-refractivity contribution is 5.73. The van der Waals surface area contributed by atoms with Gasteiger partial charge in [-0.3, -0.25) is 0 Å². The second-order valence-corrected chi connectivity index (χ2v) is 18.7. The van der Waals surface area contributed by atoms with Crippen molar-refractivity contribution in [3.63, 3.8) is 0 Å². The van der Waals surface area contributed by atoms with Gasteiger partial charge in [0.1, 0.15) is 34.5 Å². The van der Waals surface area contributed by atoms with Crippen LogP contribution >= 0.6 is 0 Å². The number of benzene rings is 6. The maximum Gasteiger partial charge on any atom is 0.115 e. The van der Waals surface area contributed by atoms with E-state index in [4.69, 9.17) is 0 Å². The van der Waals surface area contributed by atoms with Gasteiger partial charge < -0.3 is 30.6 Å². The lowest BCUT2D eigenvalue weighted by Crippen LogP contribution is -2.34. The molecule has 312 valence electrons. The Kier molecular flexibility index (Phi) is 12.5. The van der Waals surface area contributed by atoms with Crippen LogP contribution < -0.4 is 0 Å². The lowest BCUT2D eigenvalue weighted by atomic mass is 9.61. The van der Waals surface area contributed by atoms with E-state index >= 15 is 0 Å². The van der Waals surface area contributed by atoms with Gasteiger partial charge in [-0.25, -0.2) is 0 Å². The van der Waals surface area contributed by atoms with E-state index in [1.54, 1.807) is 72.8 Å². The number of hydrogen-bond acceptors (Lipinski definition) is 6. The molecule has 6 rings (SSSR count). The summed E-state index contributed by atoms with van der Waals surface area (Å²) < 4.78 is 0. The zero-order chi connectivity index (χ0) is 43.5. The van der Waals surface area contributed by atoms with Gasteiger partial charge in [0.25, 0.3) is 0 Å². The van der Waals surface area contributed by atoms with E-state index in [0.717, 1.165) is 45.4 Å². The molecule has 0 aromatic heterocycles. The second-order valence-electron chi connectivity index (χ2n) is 18.7. The zero-order valence-electron chi connectivity index (χ0n) is 35.9. The third kappa shape index (κ3) is 9.99. The molecule has 2 unspecified atom stereocenters. The first-order chi connectivity index (χ1) is 28.3. The standard InChI is InChI=1S/C54H60O6/c1-51(2,39-12-24-45(57)25-13-39)34-49(37-10-22-44(56)23-11-37)50(53(5,6)41-16-28-47(59)29-17-41)32-38(36-8-20-43(55)21-9-36)33-54(7,42-18-30-48(60)31-19-42)35-52(3,4)40-14-26-46(58)27-15-40/h8-31,38,55-60H,32-35H2,1-7H3. The van der Waals surface area contributed by atoms with Crippen LogP contribution in [0.1, 0.15) is 113 Å². The van der Waals surface area contributed by atoms with Gasteiger partial charge in [0.15, 0.2) is 0 Å². The van der Waals surface area contributed by atoms with Crippen LogP contribution in [0.15, 0.2) is 151 Å². The summed E-state index contributed by atoms with van der Waals surface area (Å²) in [5.41, 5.74) is 6.95. The molecule has 0 saturated heterocycles. The average molecular weight is 805 g/mol. The molecule has 2 atom stereocenters. The first kappa shape index (κ1) is 43.4. The largest absolute Gasteiger partial charge is 0.508 e. The number of rotatable bonds is 15. The van der Waals surface area contributed by atoms with E-state index in [9.17, 15) is 30.6 Å². The van der Waals surface area contributed by atoms with Crippen LogP contribution in [0.5, 0.6) is 34.5 Å². The van der Waals surface area contributed by atoms with Crippen molar-refractivity contribution in [2.45, 2.75) is 102 Å². The predicted molar refractivity (Wildman–Crippen MR) is 243 cm³/mol. The Labute approximate surface area is 355 Å². The van der Waals surface area contributed by atoms with Crippen LogP contribution in [0.3, 0.4) is 0 Å². The Hall–Kier alpha value is -6.14. The van der Waals surface area contributed by atoms with Crippen LogP contribution in [0, 0.1) is 0 Å². The van der Waals surface area contributed by atoms with Gasteiger partial charge in [-0.05, 0) is 160 Å². The lowest BCUT2D eigenvalue weighted by molar-refractivity contribution is 0.285. The summed E-state index contributed by atoms with van der Waals surface area (Å²) in [4.78, 5) is 0. The van der Waals surface area contributed by atoms with Gasteiger partial charge in [-0.1, -0.05) is 127 Å². The first-order valence-electron chi connectivity index (χ1n) is 20.7. The number of allylic oxidation sites excluding steroid dienone is 2. The van der Waals surface area contributed by atoms with Crippen molar-refractivity contribution >= 4 is 5.57 Å². The Bertz CT molecular complexity index is 2370. The van der Waals surface area contributed by atoms with Gasteiger partial charge in [-0.2, -0.15) is 0 Å². The summed E-state index contributed by atoms with van der Waals surface area (Å²) in [5, 5.41) is 62.4. The van der Waals surface area contributed by atoms with E-state index in [1.165, 1.54) is 5.57 Å². The van der Waals surface area contributed by atoms with E-state index in [2.05, 4.69) is 48.5 Å². The van der Waals surface area contributed by atoms with Crippen molar-refractivity contribution in [3.8, 4) is 34.5 Å². The van der Waals surface area contributed by atoms with E-state index in [0.29, 0.717) is 19.3 Å². The third-order valence-electron chi connectivity index (χ3n) is 12.7. The monoisotopic (exact) mass is 804 g/mol. The molecular weight excluding hydrogens is 745 g/mol. The highest BCUT2D eigenvalue weighted by Crippen LogP contribution is 2.51. The maximum absolute atomic E-state index is 10.6. The smallest absolute Gasteiger partial charge is 0.115 e. The van der Waals surface area contributed by atoms with Crippen LogP contribution in [0.4, 0.5) is 0 Å². The summed E-state index contributed by atoms with van der Waals surface area (Å²) in [5.74, 6) is 1.10. The second kappa shape index (κ2) is 17.2. The molecule has 6 nitrogen and oxygen atoms in total. The summed E-state index contributed by atoms with van der Waals surface area (Å²) in [6.45, 7) is 15.7. The van der Waals surface area contributed by atoms with Crippen LogP contribution in [0.25, 0.3) is 5.57 Å². The van der Waals surface area contributed by atoms with Gasteiger partial charge in [0.05, 0.1) is 0 Å². The topological polar surface area (TPSA) is 121 Å². The van der Waals surface area contributed by atoms with Gasteiger partial charge in [-0.15, -0.1) is 0 Å². The molecule has 0 spiro atoms. The highest BCUT2D eigenvalue weighted by atomic mass is 16.3. The molecule has 6 aromatic carbocycles. The molecule has 0 aliphatic carbocycles. The van der Waals surface area contributed by atoms with E-state index < -0.39 is 10.8 Å². The molecule has 0 saturated carbocycles. The predicted octanol–water partition coefficient (Wildman–Crippen LogP) is 12.9. The molecule has 0 heterocycles. The summed E-state index contributed by atoms with van der Waals surface area (Å²) in [6.07, 6.45) is 2.69. The average Bonchev–Trinajstić information content (AvgIpc) is 3.20. The lowest BCUT2D eigenvalue weighted by Gasteiger charge is -2.42. The molecule has 6 aromatic rings. The van der Waals surface area contributed by atoms with Crippen molar-refractivity contribution < 1.29 is 30.6 Å². The minimum absolute atomic E-state index is 0.0877. The number of hydrogen-bond donors (Lipinski definition) is 6. The van der Waals surface area contributed by atoms with Crippen LogP contribution in [0.2, 0.25) is 0 Å². The summed E-state index contributed by atoms with van der Waals surface area (Å²) in [6, 6.07) is 44.9. The Morgan fingerprint density at radius 1 is 0.417 bits per heavy atom. The maximum atomic E-state index is 10.6. The van der Waals surface area contributed by atoms with Gasteiger partial charge in [0, 0.05) is 5.41 Å². The van der Waals surface area contributed by atoms with Crippen molar-refractivity contribution in [2.75, 3.05) is 0 Å². The quantitative estimate of drug-likeness (QED) is 0.0615. The van der Waals surface area contributed by atoms with Crippen molar-refractivity contribution in [3.05, 3.63) is 185 Å². The highest BCUT2D eigenvalue weighted by Gasteiger charge is 2.40. The molecule has 0 aliphatic heterocycles. The van der Waals surface area contributed by atoms with Crippen molar-refractivity contribution in [1.29, 1.82) is 0 Å². The van der Waals surface area contributed by atoms with E-state index in [1.807, 2.05) is 72.8 Å².